The molecule has 0 aliphatic carbocycles. The molecule has 0 spiro atoms. The van der Waals surface area contributed by atoms with Crippen molar-refractivity contribution >= 4 is 17.5 Å². The number of para-hydroxylation sites is 1. The van der Waals surface area contributed by atoms with Gasteiger partial charge in [0.1, 0.15) is 0 Å². The molecule has 0 saturated heterocycles. The molecular formula is C21H30N4O. The molecule has 1 heterocycles. The predicted molar refractivity (Wildman–Crippen MR) is 108 cm³/mol. The minimum Gasteiger partial charge on any atom is -0.354 e. The van der Waals surface area contributed by atoms with Crippen LogP contribution in [0.25, 0.3) is 0 Å². The number of carbonyl (C=O) groups excluding carboxylic acids is 1. The van der Waals surface area contributed by atoms with E-state index in [1.807, 2.05) is 0 Å². The molecule has 140 valence electrons. The zero-order valence-electron chi connectivity index (χ0n) is 16.6. The zero-order chi connectivity index (χ0) is 19.3. The van der Waals surface area contributed by atoms with Crippen molar-refractivity contribution in [1.29, 1.82) is 0 Å². The maximum absolute atomic E-state index is 12.7. The largest absolute Gasteiger partial charge is 0.354 e. The second-order valence-electron chi connectivity index (χ2n) is 7.65. The number of carbonyl (C=O) groups is 1. The molecule has 1 amide bonds. The summed E-state index contributed by atoms with van der Waals surface area (Å²) in [5, 5.41) is 6.24. The number of rotatable bonds is 7. The Labute approximate surface area is 156 Å². The van der Waals surface area contributed by atoms with E-state index < -0.39 is 0 Å². The summed E-state index contributed by atoms with van der Waals surface area (Å²) in [4.78, 5) is 21.2. The Kier molecular flexibility index (Phi) is 6.72. The fraction of sp³-hybridized carbons (Fsp3) is 0.476. The normalized spacial score (nSPS) is 11.3. The number of anilines is 2. The summed E-state index contributed by atoms with van der Waals surface area (Å²) in [5.41, 5.74) is 3.64. The fourth-order valence-corrected chi connectivity index (χ4v) is 2.71. The maximum atomic E-state index is 12.7. The molecule has 1 aromatic carbocycles. The molecule has 0 bridgehead atoms. The van der Waals surface area contributed by atoms with Crippen LogP contribution in [-0.4, -0.2) is 22.4 Å². The Balaban J connectivity index is 2.22. The molecule has 0 aliphatic heterocycles. The molecular weight excluding hydrogens is 324 g/mol. The van der Waals surface area contributed by atoms with E-state index in [2.05, 4.69) is 80.3 Å². The lowest BCUT2D eigenvalue weighted by molar-refractivity contribution is 0.102. The first-order valence-corrected chi connectivity index (χ1v) is 9.29. The standard InChI is InChI=1S/C21H30N4O/c1-13(2)10-22-21-23-11-16(12-24-21)20(26)25-19-17(14(3)4)8-7-9-18(19)15(5)6/h7-9,11-15H,10H2,1-6H3,(H,25,26)(H,22,23,24). The van der Waals surface area contributed by atoms with E-state index in [9.17, 15) is 4.79 Å². The minimum atomic E-state index is -0.185. The van der Waals surface area contributed by atoms with Crippen LogP contribution in [0.4, 0.5) is 11.6 Å². The van der Waals surface area contributed by atoms with Crippen LogP contribution in [0.15, 0.2) is 30.6 Å². The summed E-state index contributed by atoms with van der Waals surface area (Å²) < 4.78 is 0. The molecule has 0 fully saturated rings. The van der Waals surface area contributed by atoms with Crippen LogP contribution in [-0.2, 0) is 0 Å². The lowest BCUT2D eigenvalue weighted by atomic mass is 9.92. The van der Waals surface area contributed by atoms with Crippen LogP contribution in [0.5, 0.6) is 0 Å². The highest BCUT2D eigenvalue weighted by Crippen LogP contribution is 2.32. The minimum absolute atomic E-state index is 0.185. The highest BCUT2D eigenvalue weighted by molar-refractivity contribution is 6.04. The van der Waals surface area contributed by atoms with E-state index in [0.717, 1.165) is 23.4 Å². The van der Waals surface area contributed by atoms with Crippen molar-refractivity contribution in [2.45, 2.75) is 53.4 Å². The maximum Gasteiger partial charge on any atom is 0.258 e. The molecule has 2 rings (SSSR count). The summed E-state index contributed by atoms with van der Waals surface area (Å²) >= 11 is 0. The number of hydrogen-bond acceptors (Lipinski definition) is 4. The Hall–Kier alpha value is -2.43. The van der Waals surface area contributed by atoms with Crippen molar-refractivity contribution in [3.05, 3.63) is 47.3 Å². The van der Waals surface area contributed by atoms with Gasteiger partial charge in [-0.15, -0.1) is 0 Å². The van der Waals surface area contributed by atoms with Crippen LogP contribution in [0.3, 0.4) is 0 Å². The molecule has 0 atom stereocenters. The summed E-state index contributed by atoms with van der Waals surface area (Å²) in [6.07, 6.45) is 3.13. The van der Waals surface area contributed by atoms with Crippen LogP contribution < -0.4 is 10.6 Å². The molecule has 1 aromatic heterocycles. The number of benzene rings is 1. The molecule has 0 unspecified atom stereocenters. The molecule has 2 N–H and O–H groups in total. The van der Waals surface area contributed by atoms with Gasteiger partial charge in [0, 0.05) is 24.6 Å². The first-order chi connectivity index (χ1) is 12.3. The third-order valence-corrected chi connectivity index (χ3v) is 4.19. The number of aromatic nitrogens is 2. The van der Waals surface area contributed by atoms with E-state index in [4.69, 9.17) is 0 Å². The summed E-state index contributed by atoms with van der Waals surface area (Å²) in [7, 11) is 0. The Morgan fingerprint density at radius 3 is 1.96 bits per heavy atom. The van der Waals surface area contributed by atoms with Gasteiger partial charge in [0.2, 0.25) is 5.95 Å². The van der Waals surface area contributed by atoms with E-state index in [-0.39, 0.29) is 5.91 Å². The third-order valence-electron chi connectivity index (χ3n) is 4.19. The fourth-order valence-electron chi connectivity index (χ4n) is 2.71. The highest BCUT2D eigenvalue weighted by Gasteiger charge is 2.17. The first-order valence-electron chi connectivity index (χ1n) is 9.29. The van der Waals surface area contributed by atoms with E-state index >= 15 is 0 Å². The average Bonchev–Trinajstić information content (AvgIpc) is 2.60. The number of amides is 1. The lowest BCUT2D eigenvalue weighted by Gasteiger charge is -2.20. The van der Waals surface area contributed by atoms with E-state index in [0.29, 0.717) is 29.3 Å². The second kappa shape index (κ2) is 8.79. The Morgan fingerprint density at radius 2 is 1.50 bits per heavy atom. The van der Waals surface area contributed by atoms with Gasteiger partial charge in [-0.05, 0) is 28.9 Å². The summed E-state index contributed by atoms with van der Waals surface area (Å²) in [6, 6.07) is 6.20. The Morgan fingerprint density at radius 1 is 0.962 bits per heavy atom. The van der Waals surface area contributed by atoms with Crippen molar-refractivity contribution in [2.75, 3.05) is 17.2 Å². The number of nitrogens with zero attached hydrogens (tertiary/aromatic N) is 2. The van der Waals surface area contributed by atoms with Crippen LogP contribution in [0.1, 0.15) is 74.9 Å². The first kappa shape index (κ1) is 19.9. The van der Waals surface area contributed by atoms with Crippen molar-refractivity contribution < 1.29 is 4.79 Å². The SMILES string of the molecule is CC(C)CNc1ncc(C(=O)Nc2c(C(C)C)cccc2C(C)C)cn1. The smallest absolute Gasteiger partial charge is 0.258 e. The van der Waals surface area contributed by atoms with E-state index in [1.165, 1.54) is 0 Å². The van der Waals surface area contributed by atoms with Gasteiger partial charge in [0.05, 0.1) is 5.56 Å². The predicted octanol–water partition coefficient (Wildman–Crippen LogP) is 5.04. The van der Waals surface area contributed by atoms with Gasteiger partial charge in [-0.3, -0.25) is 4.79 Å². The van der Waals surface area contributed by atoms with Gasteiger partial charge < -0.3 is 10.6 Å². The molecule has 5 nitrogen and oxygen atoms in total. The second-order valence-corrected chi connectivity index (χ2v) is 7.65. The van der Waals surface area contributed by atoms with Crippen molar-refractivity contribution in [2.24, 2.45) is 5.92 Å². The van der Waals surface area contributed by atoms with Gasteiger partial charge in [-0.1, -0.05) is 59.7 Å². The number of hydrogen-bond donors (Lipinski definition) is 2. The van der Waals surface area contributed by atoms with Crippen LogP contribution >= 0.6 is 0 Å². The highest BCUT2D eigenvalue weighted by atomic mass is 16.1. The Bertz CT molecular complexity index is 710. The van der Waals surface area contributed by atoms with Gasteiger partial charge in [0.25, 0.3) is 5.91 Å². The number of nitrogens with one attached hydrogen (secondary N) is 2. The molecule has 0 aliphatic rings. The van der Waals surface area contributed by atoms with Crippen molar-refractivity contribution in [3.8, 4) is 0 Å². The third kappa shape index (κ3) is 5.04. The van der Waals surface area contributed by atoms with Gasteiger partial charge >= 0.3 is 0 Å². The van der Waals surface area contributed by atoms with E-state index in [1.54, 1.807) is 12.4 Å². The molecule has 5 heteroatoms. The monoisotopic (exact) mass is 354 g/mol. The van der Waals surface area contributed by atoms with Crippen LogP contribution in [0, 0.1) is 5.92 Å². The molecule has 0 radical (unpaired) electrons. The van der Waals surface area contributed by atoms with Crippen LogP contribution in [0.2, 0.25) is 0 Å². The molecule has 26 heavy (non-hydrogen) atoms. The average molecular weight is 354 g/mol. The zero-order valence-corrected chi connectivity index (χ0v) is 16.6. The van der Waals surface area contributed by atoms with Gasteiger partial charge in [-0.2, -0.15) is 0 Å². The lowest BCUT2D eigenvalue weighted by Crippen LogP contribution is -2.17. The quantitative estimate of drug-likeness (QED) is 0.730. The topological polar surface area (TPSA) is 66.9 Å². The van der Waals surface area contributed by atoms with Gasteiger partial charge in [0.15, 0.2) is 0 Å². The van der Waals surface area contributed by atoms with Crippen molar-refractivity contribution in [1.82, 2.24) is 9.97 Å². The van der Waals surface area contributed by atoms with Gasteiger partial charge in [-0.25, -0.2) is 9.97 Å². The summed E-state index contributed by atoms with van der Waals surface area (Å²) in [6.45, 7) is 13.6. The van der Waals surface area contributed by atoms with Crippen molar-refractivity contribution in [3.63, 3.8) is 0 Å². The summed E-state index contributed by atoms with van der Waals surface area (Å²) in [5.74, 6) is 1.50. The molecule has 0 saturated carbocycles. The molecule has 2 aromatic rings.